The Morgan fingerprint density at radius 2 is 2.42 bits per heavy atom. The van der Waals surface area contributed by atoms with E-state index in [4.69, 9.17) is 10.00 Å². The van der Waals surface area contributed by atoms with Crippen LogP contribution in [0.5, 0.6) is 0 Å². The summed E-state index contributed by atoms with van der Waals surface area (Å²) in [5.41, 5.74) is -0.346. The van der Waals surface area contributed by atoms with Gasteiger partial charge in [-0.25, -0.2) is 0 Å². The van der Waals surface area contributed by atoms with Gasteiger partial charge in [0.05, 0.1) is 19.3 Å². The molecule has 3 nitrogen and oxygen atoms in total. The summed E-state index contributed by atoms with van der Waals surface area (Å²) in [6.45, 7) is 1.35. The summed E-state index contributed by atoms with van der Waals surface area (Å²) < 4.78 is 5.35. The van der Waals surface area contributed by atoms with Crippen LogP contribution in [-0.4, -0.2) is 24.8 Å². The second-order valence-electron chi connectivity index (χ2n) is 3.44. The van der Waals surface area contributed by atoms with E-state index in [1.165, 1.54) is 0 Å². The highest BCUT2D eigenvalue weighted by atomic mass is 35.5. The molecule has 12 heavy (non-hydrogen) atoms. The van der Waals surface area contributed by atoms with Crippen LogP contribution < -0.4 is 5.32 Å². The first-order chi connectivity index (χ1) is 5.35. The number of nitriles is 1. The summed E-state index contributed by atoms with van der Waals surface area (Å²) in [5.74, 6) is 0. The zero-order valence-corrected chi connectivity index (χ0v) is 7.69. The first-order valence-corrected chi connectivity index (χ1v) is 4.11. The molecule has 2 heterocycles. The van der Waals surface area contributed by atoms with Crippen molar-refractivity contribution in [3.63, 3.8) is 0 Å². The second kappa shape index (κ2) is 3.61. The molecule has 0 amide bonds. The summed E-state index contributed by atoms with van der Waals surface area (Å²) in [6, 6.07) is 2.74. The van der Waals surface area contributed by atoms with Gasteiger partial charge in [-0.05, 0) is 19.3 Å². The first-order valence-electron chi connectivity index (χ1n) is 4.11. The van der Waals surface area contributed by atoms with Crippen molar-refractivity contribution in [1.82, 2.24) is 5.32 Å². The number of fused-ring (bicyclic) bond motifs is 2. The van der Waals surface area contributed by atoms with E-state index in [2.05, 4.69) is 11.4 Å². The van der Waals surface area contributed by atoms with Gasteiger partial charge in [0.1, 0.15) is 5.54 Å². The van der Waals surface area contributed by atoms with Crippen LogP contribution in [0.15, 0.2) is 0 Å². The molecular weight excluding hydrogens is 176 g/mol. The Bertz CT molecular complexity index is 192. The maximum absolute atomic E-state index is 8.90. The highest BCUT2D eigenvalue weighted by Crippen LogP contribution is 2.25. The highest BCUT2D eigenvalue weighted by Gasteiger charge is 2.39. The van der Waals surface area contributed by atoms with Crippen molar-refractivity contribution in [3.8, 4) is 6.07 Å². The molecule has 0 spiro atoms. The molecule has 1 N–H and O–H groups in total. The van der Waals surface area contributed by atoms with Gasteiger partial charge in [0.2, 0.25) is 0 Å². The average molecular weight is 189 g/mol. The molecule has 4 heteroatoms. The molecule has 2 bridgehead atoms. The number of nitrogens with one attached hydrogen (secondary N) is 1. The van der Waals surface area contributed by atoms with Crippen molar-refractivity contribution in [3.05, 3.63) is 0 Å². The largest absolute Gasteiger partial charge is 0.377 e. The maximum atomic E-state index is 8.90. The monoisotopic (exact) mass is 188 g/mol. The zero-order valence-electron chi connectivity index (χ0n) is 6.88. The summed E-state index contributed by atoms with van der Waals surface area (Å²) in [5, 5.41) is 12.2. The van der Waals surface area contributed by atoms with Gasteiger partial charge < -0.3 is 4.74 Å². The number of hydrogen-bond donors (Lipinski definition) is 1. The SMILES string of the molecule is Cl.N#CC12CCCC(COC1)N2. The lowest BCUT2D eigenvalue weighted by Gasteiger charge is -2.41. The topological polar surface area (TPSA) is 45.0 Å². The lowest BCUT2D eigenvalue weighted by Crippen LogP contribution is -2.60. The molecule has 2 aliphatic rings. The third-order valence-corrected chi connectivity index (χ3v) is 2.52. The number of morpholine rings is 1. The number of ether oxygens (including phenoxy) is 1. The van der Waals surface area contributed by atoms with Gasteiger partial charge >= 0.3 is 0 Å². The van der Waals surface area contributed by atoms with Crippen LogP contribution in [0.4, 0.5) is 0 Å². The quantitative estimate of drug-likeness (QED) is 0.613. The van der Waals surface area contributed by atoms with Gasteiger partial charge in [0.15, 0.2) is 0 Å². The van der Waals surface area contributed by atoms with Crippen LogP contribution in [0.3, 0.4) is 0 Å². The lowest BCUT2D eigenvalue weighted by atomic mass is 9.86. The summed E-state index contributed by atoms with van der Waals surface area (Å²) in [6.07, 6.45) is 3.26. The lowest BCUT2D eigenvalue weighted by molar-refractivity contribution is -0.00301. The minimum atomic E-state index is -0.346. The molecule has 2 aliphatic heterocycles. The summed E-state index contributed by atoms with van der Waals surface area (Å²) in [4.78, 5) is 0. The number of halogens is 1. The van der Waals surface area contributed by atoms with Crippen LogP contribution in [0.25, 0.3) is 0 Å². The Morgan fingerprint density at radius 3 is 3.08 bits per heavy atom. The molecule has 0 radical (unpaired) electrons. The molecule has 2 atom stereocenters. The van der Waals surface area contributed by atoms with Crippen molar-refractivity contribution in [1.29, 1.82) is 5.26 Å². The average Bonchev–Trinajstić information content (AvgIpc) is 2.05. The van der Waals surface area contributed by atoms with Crippen LogP contribution in [0, 0.1) is 11.3 Å². The van der Waals surface area contributed by atoms with Gasteiger partial charge in [0, 0.05) is 6.04 Å². The standard InChI is InChI=1S/C8H12N2O.ClH/c9-5-8-3-1-2-7(10-8)4-11-6-8;/h7,10H,1-4,6H2;1H. The van der Waals surface area contributed by atoms with E-state index in [-0.39, 0.29) is 17.9 Å². The number of piperidine rings is 1. The third kappa shape index (κ3) is 1.56. The van der Waals surface area contributed by atoms with E-state index in [0.29, 0.717) is 12.6 Å². The van der Waals surface area contributed by atoms with E-state index >= 15 is 0 Å². The van der Waals surface area contributed by atoms with Gasteiger partial charge in [-0.1, -0.05) is 0 Å². The smallest absolute Gasteiger partial charge is 0.130 e. The number of rotatable bonds is 0. The van der Waals surface area contributed by atoms with Crippen LogP contribution in [-0.2, 0) is 4.74 Å². The molecule has 2 saturated heterocycles. The Balaban J connectivity index is 0.000000720. The fourth-order valence-corrected chi connectivity index (χ4v) is 1.92. The van der Waals surface area contributed by atoms with E-state index in [1.807, 2.05) is 0 Å². The number of nitrogens with zero attached hydrogens (tertiary/aromatic N) is 1. The number of hydrogen-bond acceptors (Lipinski definition) is 3. The van der Waals surface area contributed by atoms with Crippen molar-refractivity contribution in [2.75, 3.05) is 13.2 Å². The molecule has 0 aliphatic carbocycles. The predicted molar refractivity (Wildman–Crippen MR) is 47.2 cm³/mol. The van der Waals surface area contributed by atoms with E-state index < -0.39 is 0 Å². The first kappa shape index (κ1) is 9.79. The van der Waals surface area contributed by atoms with Crippen molar-refractivity contribution in [2.45, 2.75) is 30.8 Å². The molecule has 0 aromatic heterocycles. The van der Waals surface area contributed by atoms with Gasteiger partial charge in [-0.2, -0.15) is 5.26 Å². The Labute approximate surface area is 78.5 Å². The molecule has 2 fully saturated rings. The molecule has 0 aromatic carbocycles. The molecular formula is C8H13ClN2O. The van der Waals surface area contributed by atoms with Gasteiger partial charge in [-0.3, -0.25) is 5.32 Å². The highest BCUT2D eigenvalue weighted by molar-refractivity contribution is 5.85. The fourth-order valence-electron chi connectivity index (χ4n) is 1.92. The van der Waals surface area contributed by atoms with E-state index in [9.17, 15) is 0 Å². The van der Waals surface area contributed by atoms with Crippen molar-refractivity contribution >= 4 is 12.4 Å². The van der Waals surface area contributed by atoms with E-state index in [1.54, 1.807) is 0 Å². The Morgan fingerprint density at radius 1 is 1.58 bits per heavy atom. The minimum absolute atomic E-state index is 0. The maximum Gasteiger partial charge on any atom is 0.130 e. The zero-order chi connectivity index (χ0) is 7.73. The predicted octanol–water partition coefficient (Wildman–Crippen LogP) is 0.843. The molecule has 0 saturated carbocycles. The molecule has 68 valence electrons. The van der Waals surface area contributed by atoms with Gasteiger partial charge in [0.25, 0.3) is 0 Å². The van der Waals surface area contributed by atoms with Gasteiger partial charge in [-0.15, -0.1) is 12.4 Å². The molecule has 2 unspecified atom stereocenters. The van der Waals surface area contributed by atoms with Crippen LogP contribution in [0.1, 0.15) is 19.3 Å². The van der Waals surface area contributed by atoms with Crippen molar-refractivity contribution in [2.24, 2.45) is 0 Å². The normalized spacial score (nSPS) is 39.4. The Hall–Kier alpha value is -0.300. The second-order valence-corrected chi connectivity index (χ2v) is 3.44. The van der Waals surface area contributed by atoms with Crippen LogP contribution in [0.2, 0.25) is 0 Å². The summed E-state index contributed by atoms with van der Waals surface area (Å²) >= 11 is 0. The molecule has 2 rings (SSSR count). The molecule has 0 aromatic rings. The summed E-state index contributed by atoms with van der Waals surface area (Å²) in [7, 11) is 0. The van der Waals surface area contributed by atoms with Crippen LogP contribution >= 0.6 is 12.4 Å². The third-order valence-electron chi connectivity index (χ3n) is 2.52. The fraction of sp³-hybridized carbons (Fsp3) is 0.875. The van der Waals surface area contributed by atoms with E-state index in [0.717, 1.165) is 25.9 Å². The Kier molecular flexibility index (Phi) is 2.94. The minimum Gasteiger partial charge on any atom is -0.377 e. The van der Waals surface area contributed by atoms with Crippen molar-refractivity contribution < 1.29 is 4.74 Å².